The molecule has 2 rings (SSSR count). The molecule has 1 fully saturated rings. The maximum Gasteiger partial charge on any atom is 0.159 e. The minimum Gasteiger partial charge on any atom is -0.497 e. The molecule has 0 radical (unpaired) electrons. The number of fused-ring (bicyclic) bond motifs is 1. The molecule has 0 bridgehead atoms. The van der Waals surface area contributed by atoms with Crippen molar-refractivity contribution in [2.75, 3.05) is 6.61 Å². The Morgan fingerprint density at radius 2 is 2.45 bits per heavy atom. The van der Waals surface area contributed by atoms with E-state index in [1.165, 1.54) is 0 Å². The molecule has 60 valence electrons. The van der Waals surface area contributed by atoms with Crippen LogP contribution in [0, 0.1) is 11.8 Å². The lowest BCUT2D eigenvalue weighted by molar-refractivity contribution is -0.116. The van der Waals surface area contributed by atoms with Crippen molar-refractivity contribution < 1.29 is 9.53 Å². The van der Waals surface area contributed by atoms with E-state index in [-0.39, 0.29) is 5.78 Å². The number of carbonyl (C=O) groups is 1. The summed E-state index contributed by atoms with van der Waals surface area (Å²) in [6.45, 7) is 2.93. The molecule has 2 heteroatoms. The predicted molar refractivity (Wildman–Crippen MR) is 40.9 cm³/mol. The minimum atomic E-state index is 0.227. The van der Waals surface area contributed by atoms with Crippen molar-refractivity contribution >= 4 is 5.78 Å². The summed E-state index contributed by atoms with van der Waals surface area (Å²) >= 11 is 0. The van der Waals surface area contributed by atoms with Crippen LogP contribution in [0.2, 0.25) is 0 Å². The molecule has 1 aliphatic carbocycles. The van der Waals surface area contributed by atoms with Gasteiger partial charge in [-0.1, -0.05) is 6.92 Å². The molecule has 2 nitrogen and oxygen atoms in total. The predicted octanol–water partition coefficient (Wildman–Crippen LogP) is 1.52. The first-order chi connectivity index (χ1) is 5.27. The quantitative estimate of drug-likeness (QED) is 0.526. The van der Waals surface area contributed by atoms with Crippen LogP contribution < -0.4 is 0 Å². The number of hydrogen-bond acceptors (Lipinski definition) is 2. The summed E-state index contributed by atoms with van der Waals surface area (Å²) in [6, 6.07) is 0. The molecule has 0 saturated carbocycles. The van der Waals surface area contributed by atoms with Crippen LogP contribution in [-0.4, -0.2) is 12.4 Å². The Bertz CT molecular complexity index is 218. The van der Waals surface area contributed by atoms with Gasteiger partial charge < -0.3 is 4.74 Å². The van der Waals surface area contributed by atoms with Crippen LogP contribution in [0.3, 0.4) is 0 Å². The smallest absolute Gasteiger partial charge is 0.159 e. The van der Waals surface area contributed by atoms with E-state index in [0.29, 0.717) is 18.3 Å². The molecular weight excluding hydrogens is 140 g/mol. The Morgan fingerprint density at radius 3 is 3.27 bits per heavy atom. The molecule has 0 aromatic rings. The number of ketones is 1. The van der Waals surface area contributed by atoms with E-state index in [4.69, 9.17) is 4.74 Å². The Kier molecular flexibility index (Phi) is 1.48. The second-order valence-corrected chi connectivity index (χ2v) is 3.44. The molecular formula is C9H12O2. The lowest BCUT2D eigenvalue weighted by Gasteiger charge is -2.21. The Hall–Kier alpha value is -0.790. The van der Waals surface area contributed by atoms with Gasteiger partial charge in [0.25, 0.3) is 0 Å². The summed E-state index contributed by atoms with van der Waals surface area (Å²) in [4.78, 5) is 11.1. The summed E-state index contributed by atoms with van der Waals surface area (Å²) in [7, 11) is 0. The molecule has 0 amide bonds. The molecule has 2 atom stereocenters. The van der Waals surface area contributed by atoms with Gasteiger partial charge in [0.15, 0.2) is 5.78 Å². The summed E-state index contributed by atoms with van der Waals surface area (Å²) in [6.07, 6.45) is 3.48. The van der Waals surface area contributed by atoms with E-state index in [1.54, 1.807) is 6.08 Å². The molecule has 1 saturated heterocycles. The highest BCUT2D eigenvalue weighted by Gasteiger charge is 2.33. The van der Waals surface area contributed by atoms with Crippen LogP contribution in [-0.2, 0) is 9.53 Å². The average Bonchev–Trinajstić information content (AvgIpc) is 2.34. The maximum atomic E-state index is 11.1. The van der Waals surface area contributed by atoms with E-state index < -0.39 is 0 Å². The van der Waals surface area contributed by atoms with Crippen LogP contribution >= 0.6 is 0 Å². The normalized spacial score (nSPS) is 36.1. The number of hydrogen-bond donors (Lipinski definition) is 0. The summed E-state index contributed by atoms with van der Waals surface area (Å²) in [5, 5.41) is 0. The topological polar surface area (TPSA) is 26.3 Å². The van der Waals surface area contributed by atoms with Crippen LogP contribution in [0.4, 0.5) is 0 Å². The summed E-state index contributed by atoms with van der Waals surface area (Å²) in [5.41, 5.74) is 0. The first kappa shape index (κ1) is 6.89. The third-order valence-corrected chi connectivity index (χ3v) is 2.58. The van der Waals surface area contributed by atoms with Gasteiger partial charge in [-0.2, -0.15) is 0 Å². The second kappa shape index (κ2) is 2.36. The molecule has 2 unspecified atom stereocenters. The number of allylic oxidation sites excluding steroid dienone is 2. The van der Waals surface area contributed by atoms with Gasteiger partial charge in [0.2, 0.25) is 0 Å². The first-order valence-corrected chi connectivity index (χ1v) is 4.14. The molecule has 1 aliphatic heterocycles. The van der Waals surface area contributed by atoms with Crippen molar-refractivity contribution in [1.29, 1.82) is 0 Å². The fraction of sp³-hybridized carbons (Fsp3) is 0.667. The largest absolute Gasteiger partial charge is 0.497 e. The van der Waals surface area contributed by atoms with Gasteiger partial charge in [-0.15, -0.1) is 0 Å². The van der Waals surface area contributed by atoms with Crippen LogP contribution in [0.25, 0.3) is 0 Å². The van der Waals surface area contributed by atoms with E-state index in [1.807, 2.05) is 0 Å². The molecule has 11 heavy (non-hydrogen) atoms. The number of ether oxygens (including phenoxy) is 1. The van der Waals surface area contributed by atoms with Gasteiger partial charge >= 0.3 is 0 Å². The van der Waals surface area contributed by atoms with E-state index in [9.17, 15) is 4.79 Å². The SMILES string of the molecule is CC1CC(=O)C=C2OCCC21. The molecule has 0 aromatic carbocycles. The highest BCUT2D eigenvalue weighted by Crippen LogP contribution is 2.36. The zero-order chi connectivity index (χ0) is 7.84. The number of rotatable bonds is 0. The fourth-order valence-electron chi connectivity index (χ4n) is 1.94. The molecule has 0 aromatic heterocycles. The van der Waals surface area contributed by atoms with Gasteiger partial charge in [0.05, 0.1) is 6.61 Å². The Labute approximate surface area is 66.2 Å². The zero-order valence-corrected chi connectivity index (χ0v) is 6.67. The highest BCUT2D eigenvalue weighted by atomic mass is 16.5. The molecule has 0 spiro atoms. The summed E-state index contributed by atoms with van der Waals surface area (Å²) in [5.74, 6) is 2.19. The van der Waals surface area contributed by atoms with Crippen molar-refractivity contribution in [1.82, 2.24) is 0 Å². The van der Waals surface area contributed by atoms with Crippen molar-refractivity contribution in [2.45, 2.75) is 19.8 Å². The minimum absolute atomic E-state index is 0.227. The van der Waals surface area contributed by atoms with Crippen molar-refractivity contribution in [3.63, 3.8) is 0 Å². The van der Waals surface area contributed by atoms with Crippen LogP contribution in [0.15, 0.2) is 11.8 Å². The third kappa shape index (κ3) is 1.06. The van der Waals surface area contributed by atoms with Crippen molar-refractivity contribution in [3.8, 4) is 0 Å². The number of carbonyl (C=O) groups excluding carboxylic acids is 1. The maximum absolute atomic E-state index is 11.1. The zero-order valence-electron chi connectivity index (χ0n) is 6.67. The van der Waals surface area contributed by atoms with Crippen LogP contribution in [0.5, 0.6) is 0 Å². The molecule has 2 aliphatic rings. The fourth-order valence-corrected chi connectivity index (χ4v) is 1.94. The second-order valence-electron chi connectivity index (χ2n) is 3.44. The lowest BCUT2D eigenvalue weighted by Crippen LogP contribution is -2.19. The van der Waals surface area contributed by atoms with Crippen molar-refractivity contribution in [3.05, 3.63) is 11.8 Å². The monoisotopic (exact) mass is 152 g/mol. The third-order valence-electron chi connectivity index (χ3n) is 2.58. The van der Waals surface area contributed by atoms with E-state index in [0.717, 1.165) is 18.8 Å². The molecule has 0 N–H and O–H groups in total. The van der Waals surface area contributed by atoms with Gasteiger partial charge in [-0.25, -0.2) is 0 Å². The Morgan fingerprint density at radius 1 is 1.64 bits per heavy atom. The van der Waals surface area contributed by atoms with Crippen molar-refractivity contribution in [2.24, 2.45) is 11.8 Å². The standard InChI is InChI=1S/C9H12O2/c1-6-4-7(10)5-9-8(6)2-3-11-9/h5-6,8H,2-4H2,1H3. The van der Waals surface area contributed by atoms with Crippen LogP contribution in [0.1, 0.15) is 19.8 Å². The van der Waals surface area contributed by atoms with Gasteiger partial charge in [-0.05, 0) is 12.3 Å². The van der Waals surface area contributed by atoms with E-state index >= 15 is 0 Å². The van der Waals surface area contributed by atoms with Gasteiger partial charge in [0, 0.05) is 18.4 Å². The van der Waals surface area contributed by atoms with Gasteiger partial charge in [-0.3, -0.25) is 4.79 Å². The summed E-state index contributed by atoms with van der Waals surface area (Å²) < 4.78 is 5.34. The van der Waals surface area contributed by atoms with Gasteiger partial charge in [0.1, 0.15) is 5.76 Å². The first-order valence-electron chi connectivity index (χ1n) is 4.14. The highest BCUT2D eigenvalue weighted by molar-refractivity contribution is 5.91. The van der Waals surface area contributed by atoms with E-state index in [2.05, 4.69) is 6.92 Å². The average molecular weight is 152 g/mol. The lowest BCUT2D eigenvalue weighted by atomic mass is 9.83. The Balaban J connectivity index is 2.27. The molecule has 1 heterocycles.